The number of alkyl halides is 2. The summed E-state index contributed by atoms with van der Waals surface area (Å²) in [5.41, 5.74) is 2.50. The van der Waals surface area contributed by atoms with Crippen molar-refractivity contribution in [3.05, 3.63) is 95.1 Å². The van der Waals surface area contributed by atoms with Crippen LogP contribution in [0.25, 0.3) is 11.0 Å². The van der Waals surface area contributed by atoms with E-state index in [9.17, 15) is 14.4 Å². The minimum Gasteiger partial charge on any atom is -0.443 e. The van der Waals surface area contributed by atoms with Crippen LogP contribution in [0.2, 0.25) is 0 Å². The van der Waals surface area contributed by atoms with Crippen LogP contribution in [0.5, 0.6) is 0 Å². The second-order valence-electron chi connectivity index (χ2n) is 12.6. The fourth-order valence-electron chi connectivity index (χ4n) is 6.16. The number of amides is 2. The molecule has 3 heterocycles. The van der Waals surface area contributed by atoms with Gasteiger partial charge >= 0.3 is 6.09 Å². The largest absolute Gasteiger partial charge is 0.443 e. The van der Waals surface area contributed by atoms with Gasteiger partial charge in [0.25, 0.3) is 17.7 Å². The van der Waals surface area contributed by atoms with Gasteiger partial charge in [-0.15, -0.1) is 0 Å². The van der Waals surface area contributed by atoms with E-state index < -0.39 is 42.4 Å². The molecule has 2 amide bonds. The molecule has 0 spiro atoms. The second-order valence-corrected chi connectivity index (χ2v) is 12.6. The van der Waals surface area contributed by atoms with Gasteiger partial charge in [-0.25, -0.2) is 23.1 Å². The van der Waals surface area contributed by atoms with E-state index in [0.29, 0.717) is 28.2 Å². The van der Waals surface area contributed by atoms with E-state index in [1.54, 1.807) is 57.3 Å². The first kappa shape index (κ1) is 30.5. The smallest absolute Gasteiger partial charge is 0.420 e. The fraction of sp³-hybridized carbons (Fsp3) is 0.382. The number of aryl methyl sites for hydroxylation is 1. The minimum absolute atomic E-state index is 0.0672. The van der Waals surface area contributed by atoms with Crippen LogP contribution in [0.15, 0.2) is 66.9 Å². The van der Waals surface area contributed by atoms with E-state index >= 15 is 8.78 Å². The number of imide groups is 1. The van der Waals surface area contributed by atoms with Crippen molar-refractivity contribution >= 4 is 28.9 Å². The fourth-order valence-corrected chi connectivity index (χ4v) is 6.16. The molecule has 4 aromatic rings. The number of carbonyl (C=O) groups excluding carboxylic acids is 3. The number of rotatable bonds is 8. The van der Waals surface area contributed by atoms with Crippen LogP contribution < -0.4 is 0 Å². The van der Waals surface area contributed by atoms with Gasteiger partial charge in [-0.3, -0.25) is 24.4 Å². The maximum absolute atomic E-state index is 15.7. The molecule has 1 atom stereocenters. The lowest BCUT2D eigenvalue weighted by molar-refractivity contribution is -0.0396. The van der Waals surface area contributed by atoms with Gasteiger partial charge in [-0.2, -0.15) is 0 Å². The third-order valence-corrected chi connectivity index (χ3v) is 8.19. The summed E-state index contributed by atoms with van der Waals surface area (Å²) in [5.74, 6) is -4.46. The molecule has 1 aliphatic heterocycles. The monoisotopic (exact) mass is 615 g/mol. The molecule has 9 nitrogen and oxygen atoms in total. The maximum Gasteiger partial charge on any atom is 0.420 e. The number of hydrogen-bond acceptors (Lipinski definition) is 7. The number of hydrogen-bond donors (Lipinski definition) is 0. The molecule has 2 aliphatic rings. The van der Waals surface area contributed by atoms with Gasteiger partial charge in [0.15, 0.2) is 0 Å². The highest BCUT2D eigenvalue weighted by Gasteiger charge is 2.43. The molecule has 0 bridgehead atoms. The molecule has 2 aromatic carbocycles. The Morgan fingerprint density at radius 1 is 1.00 bits per heavy atom. The summed E-state index contributed by atoms with van der Waals surface area (Å²) in [5, 5.41) is 0. The number of nitrogens with zero attached hydrogens (tertiary/aromatic N) is 5. The van der Waals surface area contributed by atoms with Crippen molar-refractivity contribution in [2.24, 2.45) is 0 Å². The number of halogens is 2. The average Bonchev–Trinajstić information content (AvgIpc) is 3.48. The quantitative estimate of drug-likeness (QED) is 0.211. The van der Waals surface area contributed by atoms with E-state index in [4.69, 9.17) is 9.72 Å². The van der Waals surface area contributed by atoms with Crippen LogP contribution in [0.1, 0.15) is 83.9 Å². The molecular weight excluding hydrogens is 580 g/mol. The number of fused-ring (bicyclic) bond motifs is 3. The van der Waals surface area contributed by atoms with Crippen molar-refractivity contribution in [2.45, 2.75) is 70.6 Å². The van der Waals surface area contributed by atoms with Crippen LogP contribution >= 0.6 is 0 Å². The Morgan fingerprint density at radius 2 is 1.69 bits per heavy atom. The SMILES string of the molecule is CC(C)(C)OC(=O)n1c(CN(CCC(F)(F)CN2C(=O)c3ccccc3C2=O)C2CCCc3cccnc32)nc2ccccc21. The Bertz CT molecular complexity index is 1740. The van der Waals surface area contributed by atoms with E-state index in [0.717, 1.165) is 24.1 Å². The van der Waals surface area contributed by atoms with E-state index in [-0.39, 0.29) is 30.3 Å². The standard InChI is InChI=1S/C34H35F2N5O4/c1-33(2,3)45-32(44)41-26-15-7-6-14-25(26)38-28(41)20-39(27-16-8-10-22-11-9-18-37-29(22)27)19-17-34(35,36)21-40-30(42)23-12-4-5-13-24(23)31(40)43/h4-7,9,11-15,18,27H,8,10,16-17,19-21H2,1-3H3. The van der Waals surface area contributed by atoms with Crippen LogP contribution in [-0.2, 0) is 17.7 Å². The molecule has 2 aromatic heterocycles. The second kappa shape index (κ2) is 11.8. The normalized spacial score (nSPS) is 16.8. The van der Waals surface area contributed by atoms with Crippen LogP contribution in [0.3, 0.4) is 0 Å². The van der Waals surface area contributed by atoms with E-state index in [2.05, 4.69) is 4.98 Å². The van der Waals surface area contributed by atoms with Gasteiger partial charge in [-0.05, 0) is 75.9 Å². The van der Waals surface area contributed by atoms with Crippen molar-refractivity contribution in [1.82, 2.24) is 24.3 Å². The molecule has 1 aliphatic carbocycles. The Hall–Kier alpha value is -4.51. The highest BCUT2D eigenvalue weighted by atomic mass is 19.3. The summed E-state index contributed by atoms with van der Waals surface area (Å²) in [6.45, 7) is 4.26. The highest BCUT2D eigenvalue weighted by molar-refractivity contribution is 6.21. The van der Waals surface area contributed by atoms with Crippen LogP contribution in [-0.4, -0.2) is 66.9 Å². The van der Waals surface area contributed by atoms with Gasteiger partial charge in [0.05, 0.1) is 47.0 Å². The number of benzene rings is 2. The minimum atomic E-state index is -3.38. The Kier molecular flexibility index (Phi) is 7.98. The number of imidazole rings is 1. The number of para-hydroxylation sites is 2. The van der Waals surface area contributed by atoms with Crippen molar-refractivity contribution in [3.63, 3.8) is 0 Å². The molecule has 11 heteroatoms. The zero-order valence-electron chi connectivity index (χ0n) is 25.5. The van der Waals surface area contributed by atoms with Gasteiger partial charge in [-0.1, -0.05) is 30.3 Å². The summed E-state index contributed by atoms with van der Waals surface area (Å²) < 4.78 is 38.5. The van der Waals surface area contributed by atoms with E-state index in [1.165, 1.54) is 16.7 Å². The number of aromatic nitrogens is 3. The lowest BCUT2D eigenvalue weighted by Crippen LogP contribution is -2.43. The molecule has 0 fully saturated rings. The summed E-state index contributed by atoms with van der Waals surface area (Å²) in [7, 11) is 0. The summed E-state index contributed by atoms with van der Waals surface area (Å²) in [6, 6.07) is 16.9. The predicted molar refractivity (Wildman–Crippen MR) is 163 cm³/mol. The first-order valence-electron chi connectivity index (χ1n) is 15.1. The summed E-state index contributed by atoms with van der Waals surface area (Å²) in [6.07, 6.45) is 2.81. The first-order valence-corrected chi connectivity index (χ1v) is 15.1. The van der Waals surface area contributed by atoms with E-state index in [1.807, 2.05) is 23.1 Å². The van der Waals surface area contributed by atoms with Crippen molar-refractivity contribution in [1.29, 1.82) is 0 Å². The Balaban J connectivity index is 1.31. The molecule has 1 unspecified atom stereocenters. The maximum atomic E-state index is 15.7. The molecule has 0 radical (unpaired) electrons. The average molecular weight is 616 g/mol. The summed E-state index contributed by atoms with van der Waals surface area (Å²) in [4.78, 5) is 51.0. The molecule has 6 rings (SSSR count). The van der Waals surface area contributed by atoms with Crippen LogP contribution in [0, 0.1) is 0 Å². The third kappa shape index (κ3) is 6.22. The Morgan fingerprint density at radius 3 is 2.40 bits per heavy atom. The third-order valence-electron chi connectivity index (χ3n) is 8.19. The van der Waals surface area contributed by atoms with Gasteiger partial charge in [0, 0.05) is 19.2 Å². The number of pyridine rings is 1. The molecule has 0 N–H and O–H groups in total. The zero-order valence-corrected chi connectivity index (χ0v) is 25.5. The predicted octanol–water partition coefficient (Wildman–Crippen LogP) is 6.42. The molecule has 0 saturated carbocycles. The number of ether oxygens (including phenoxy) is 1. The van der Waals surface area contributed by atoms with Gasteiger partial charge in [0.1, 0.15) is 11.4 Å². The zero-order chi connectivity index (χ0) is 31.9. The molecule has 234 valence electrons. The number of carbonyl (C=O) groups is 3. The van der Waals surface area contributed by atoms with Gasteiger partial charge < -0.3 is 4.74 Å². The summed E-state index contributed by atoms with van der Waals surface area (Å²) >= 11 is 0. The van der Waals surface area contributed by atoms with Crippen molar-refractivity contribution in [3.8, 4) is 0 Å². The molecule has 45 heavy (non-hydrogen) atoms. The topological polar surface area (TPSA) is 97.6 Å². The molecular formula is C34H35F2N5O4. The van der Waals surface area contributed by atoms with Gasteiger partial charge in [0.2, 0.25) is 0 Å². The Labute approximate surface area is 259 Å². The highest BCUT2D eigenvalue weighted by Crippen LogP contribution is 2.36. The van der Waals surface area contributed by atoms with Crippen molar-refractivity contribution in [2.75, 3.05) is 13.1 Å². The first-order chi connectivity index (χ1) is 21.4. The van der Waals surface area contributed by atoms with Crippen molar-refractivity contribution < 1.29 is 27.9 Å². The molecule has 0 saturated heterocycles. The lowest BCUT2D eigenvalue weighted by atomic mass is 9.90. The van der Waals surface area contributed by atoms with Crippen LogP contribution in [0.4, 0.5) is 13.6 Å². The lowest BCUT2D eigenvalue weighted by Gasteiger charge is -2.36.